The first-order chi connectivity index (χ1) is 11.9. The molecular formula is C17H19BrN2O3S2. The van der Waals surface area contributed by atoms with Gasteiger partial charge in [-0.3, -0.25) is 4.79 Å². The summed E-state index contributed by atoms with van der Waals surface area (Å²) in [5.41, 5.74) is 1.78. The molecule has 0 atom stereocenters. The number of amides is 1. The Balaban J connectivity index is 1.62. The number of nitrogens with zero attached hydrogens (tertiary/aromatic N) is 1. The highest BCUT2D eigenvalue weighted by Gasteiger charge is 2.32. The van der Waals surface area contributed by atoms with Crippen molar-refractivity contribution in [2.24, 2.45) is 5.92 Å². The lowest BCUT2D eigenvalue weighted by Gasteiger charge is -2.30. The van der Waals surface area contributed by atoms with Gasteiger partial charge in [0.15, 0.2) is 0 Å². The van der Waals surface area contributed by atoms with Crippen molar-refractivity contribution in [1.82, 2.24) is 4.31 Å². The molecule has 1 aliphatic heterocycles. The summed E-state index contributed by atoms with van der Waals surface area (Å²) in [5, 5.41) is 4.72. The van der Waals surface area contributed by atoms with Crippen LogP contribution in [0.3, 0.4) is 0 Å². The number of anilines is 1. The maximum absolute atomic E-state index is 12.5. The quantitative estimate of drug-likeness (QED) is 0.781. The number of thiophene rings is 1. The van der Waals surface area contributed by atoms with E-state index in [1.54, 1.807) is 17.5 Å². The fourth-order valence-electron chi connectivity index (χ4n) is 2.86. The Labute approximate surface area is 160 Å². The third-order valence-electron chi connectivity index (χ3n) is 4.37. The van der Waals surface area contributed by atoms with Gasteiger partial charge in [-0.15, -0.1) is 11.3 Å². The van der Waals surface area contributed by atoms with Crippen LogP contribution in [0.4, 0.5) is 5.69 Å². The summed E-state index contributed by atoms with van der Waals surface area (Å²) >= 11 is 4.63. The number of carbonyl (C=O) groups excluding carboxylic acids is 1. The van der Waals surface area contributed by atoms with Crippen LogP contribution in [0.15, 0.2) is 44.4 Å². The average Bonchev–Trinajstić information content (AvgIpc) is 3.13. The normalized spacial score (nSPS) is 16.7. The molecular weight excluding hydrogens is 424 g/mol. The van der Waals surface area contributed by atoms with Gasteiger partial charge in [-0.2, -0.15) is 4.31 Å². The summed E-state index contributed by atoms with van der Waals surface area (Å²) in [7, 11) is -3.43. The summed E-state index contributed by atoms with van der Waals surface area (Å²) in [6.45, 7) is 2.68. The van der Waals surface area contributed by atoms with Gasteiger partial charge in [0.2, 0.25) is 5.91 Å². The lowest BCUT2D eigenvalue weighted by Crippen LogP contribution is -2.41. The summed E-state index contributed by atoms with van der Waals surface area (Å²) in [5.74, 6) is -0.220. The van der Waals surface area contributed by atoms with Gasteiger partial charge >= 0.3 is 0 Å². The second-order valence-corrected chi connectivity index (χ2v) is 10.1. The number of piperidine rings is 1. The summed E-state index contributed by atoms with van der Waals surface area (Å²) in [4.78, 5) is 12.5. The van der Waals surface area contributed by atoms with E-state index in [2.05, 4.69) is 21.2 Å². The van der Waals surface area contributed by atoms with Crippen LogP contribution in [0, 0.1) is 12.8 Å². The molecule has 1 aliphatic rings. The van der Waals surface area contributed by atoms with Crippen molar-refractivity contribution in [2.75, 3.05) is 18.4 Å². The Hall–Kier alpha value is -1.22. The average molecular weight is 443 g/mol. The molecule has 0 bridgehead atoms. The summed E-state index contributed by atoms with van der Waals surface area (Å²) in [6.07, 6.45) is 1.06. The third kappa shape index (κ3) is 4.13. The maximum atomic E-state index is 12.5. The van der Waals surface area contributed by atoms with E-state index in [1.165, 1.54) is 15.6 Å². The molecule has 0 aliphatic carbocycles. The van der Waals surface area contributed by atoms with E-state index >= 15 is 0 Å². The molecule has 1 aromatic carbocycles. The first-order valence-electron chi connectivity index (χ1n) is 7.98. The van der Waals surface area contributed by atoms with E-state index in [0.717, 1.165) is 15.7 Å². The van der Waals surface area contributed by atoms with Gasteiger partial charge in [0.1, 0.15) is 4.21 Å². The van der Waals surface area contributed by atoms with Crippen LogP contribution in [0.5, 0.6) is 0 Å². The van der Waals surface area contributed by atoms with Crippen LogP contribution in [-0.4, -0.2) is 31.7 Å². The smallest absolute Gasteiger partial charge is 0.252 e. The van der Waals surface area contributed by atoms with Crippen molar-refractivity contribution >= 4 is 48.9 Å². The molecule has 25 heavy (non-hydrogen) atoms. The van der Waals surface area contributed by atoms with E-state index < -0.39 is 10.0 Å². The van der Waals surface area contributed by atoms with Crippen LogP contribution in [-0.2, 0) is 14.8 Å². The lowest BCUT2D eigenvalue weighted by molar-refractivity contribution is -0.120. The molecule has 1 saturated heterocycles. The molecule has 134 valence electrons. The number of benzene rings is 1. The molecule has 1 aromatic heterocycles. The molecule has 0 unspecified atom stereocenters. The van der Waals surface area contributed by atoms with Crippen molar-refractivity contribution in [1.29, 1.82) is 0 Å². The summed E-state index contributed by atoms with van der Waals surface area (Å²) < 4.78 is 27.8. The van der Waals surface area contributed by atoms with E-state index in [1.807, 2.05) is 25.1 Å². The lowest BCUT2D eigenvalue weighted by atomic mass is 9.97. The predicted molar refractivity (Wildman–Crippen MR) is 103 cm³/mol. The van der Waals surface area contributed by atoms with E-state index in [4.69, 9.17) is 0 Å². The zero-order valence-corrected chi connectivity index (χ0v) is 17.0. The molecule has 1 fully saturated rings. The number of hydrogen-bond acceptors (Lipinski definition) is 4. The van der Waals surface area contributed by atoms with E-state index in [9.17, 15) is 13.2 Å². The minimum atomic E-state index is -3.43. The van der Waals surface area contributed by atoms with Crippen LogP contribution < -0.4 is 5.32 Å². The Morgan fingerprint density at radius 1 is 1.28 bits per heavy atom. The van der Waals surface area contributed by atoms with Crippen molar-refractivity contribution in [3.05, 3.63) is 45.7 Å². The molecule has 3 rings (SSSR count). The van der Waals surface area contributed by atoms with Gasteiger partial charge in [-0.05, 0) is 48.9 Å². The van der Waals surface area contributed by atoms with Crippen LogP contribution in [0.25, 0.3) is 0 Å². The van der Waals surface area contributed by atoms with Gasteiger partial charge < -0.3 is 5.32 Å². The van der Waals surface area contributed by atoms with E-state index in [0.29, 0.717) is 30.1 Å². The minimum absolute atomic E-state index is 0.0469. The molecule has 1 N–H and O–H groups in total. The fraction of sp³-hybridized carbons (Fsp3) is 0.353. The number of carbonyl (C=O) groups is 1. The number of sulfonamides is 1. The highest BCUT2D eigenvalue weighted by Crippen LogP contribution is 2.28. The second-order valence-electron chi connectivity index (χ2n) is 6.06. The monoisotopic (exact) mass is 442 g/mol. The van der Waals surface area contributed by atoms with Crippen LogP contribution >= 0.6 is 27.3 Å². The molecule has 5 nitrogen and oxygen atoms in total. The van der Waals surface area contributed by atoms with Gasteiger partial charge in [-0.1, -0.05) is 28.1 Å². The molecule has 0 radical (unpaired) electrons. The van der Waals surface area contributed by atoms with Crippen LogP contribution in [0.1, 0.15) is 18.4 Å². The predicted octanol–water partition coefficient (Wildman–Crippen LogP) is 3.86. The number of nitrogens with one attached hydrogen (secondary N) is 1. The molecule has 1 amide bonds. The Morgan fingerprint density at radius 2 is 2.00 bits per heavy atom. The number of rotatable bonds is 4. The highest BCUT2D eigenvalue weighted by atomic mass is 79.9. The largest absolute Gasteiger partial charge is 0.326 e. The second kappa shape index (κ2) is 7.57. The standard InChI is InChI=1S/C17H19BrN2O3S2/c1-12-4-5-14(18)11-15(12)19-17(21)13-6-8-20(9-7-13)25(22,23)16-3-2-10-24-16/h2-5,10-11,13H,6-9H2,1H3,(H,19,21). The van der Waals surface area contributed by atoms with Crippen molar-refractivity contribution in [3.8, 4) is 0 Å². The van der Waals surface area contributed by atoms with Gasteiger partial charge in [0.05, 0.1) is 0 Å². The Morgan fingerprint density at radius 3 is 2.64 bits per heavy atom. The zero-order valence-electron chi connectivity index (χ0n) is 13.7. The van der Waals surface area contributed by atoms with Gasteiger partial charge in [-0.25, -0.2) is 8.42 Å². The highest BCUT2D eigenvalue weighted by molar-refractivity contribution is 9.10. The topological polar surface area (TPSA) is 66.5 Å². The minimum Gasteiger partial charge on any atom is -0.326 e. The molecule has 0 spiro atoms. The SMILES string of the molecule is Cc1ccc(Br)cc1NC(=O)C1CCN(S(=O)(=O)c2cccs2)CC1. The molecule has 0 saturated carbocycles. The Bertz CT molecular complexity index is 858. The number of halogens is 1. The van der Waals surface area contributed by atoms with Crippen LogP contribution in [0.2, 0.25) is 0 Å². The van der Waals surface area contributed by atoms with Crippen molar-refractivity contribution in [3.63, 3.8) is 0 Å². The maximum Gasteiger partial charge on any atom is 0.252 e. The third-order valence-corrected chi connectivity index (χ3v) is 8.14. The zero-order chi connectivity index (χ0) is 18.0. The fourth-order valence-corrected chi connectivity index (χ4v) is 5.83. The molecule has 2 heterocycles. The number of hydrogen-bond donors (Lipinski definition) is 1. The van der Waals surface area contributed by atoms with Crippen molar-refractivity contribution in [2.45, 2.75) is 24.0 Å². The van der Waals surface area contributed by atoms with Crippen molar-refractivity contribution < 1.29 is 13.2 Å². The molecule has 8 heteroatoms. The van der Waals surface area contributed by atoms with Gasteiger partial charge in [0, 0.05) is 29.2 Å². The number of aryl methyl sites for hydroxylation is 1. The summed E-state index contributed by atoms with van der Waals surface area (Å²) in [6, 6.07) is 9.10. The first kappa shape index (κ1) is 18.6. The van der Waals surface area contributed by atoms with Gasteiger partial charge in [0.25, 0.3) is 10.0 Å². The van der Waals surface area contributed by atoms with E-state index in [-0.39, 0.29) is 11.8 Å². The Kier molecular flexibility index (Phi) is 5.62. The first-order valence-corrected chi connectivity index (χ1v) is 11.1. The molecule has 2 aromatic rings.